The van der Waals surface area contributed by atoms with E-state index in [2.05, 4.69) is 18.6 Å². The zero-order valence-electron chi connectivity index (χ0n) is 20.0. The molecule has 1 aliphatic heterocycles. The molecule has 34 heavy (non-hydrogen) atoms. The number of nitrogens with one attached hydrogen (secondary N) is 1. The monoisotopic (exact) mass is 482 g/mol. The van der Waals surface area contributed by atoms with E-state index < -0.39 is 10.0 Å². The van der Waals surface area contributed by atoms with E-state index in [1.807, 2.05) is 24.3 Å². The third-order valence-corrected chi connectivity index (χ3v) is 8.11. The van der Waals surface area contributed by atoms with Gasteiger partial charge in [0.05, 0.1) is 4.90 Å². The Labute approximate surface area is 202 Å². The van der Waals surface area contributed by atoms with Crippen molar-refractivity contribution in [2.75, 3.05) is 19.6 Å². The SMILES string of the molecule is CC(C)Cc1ccc(C(=O)C2CCN(C(=O)c3cccc(S(=O)(=O)NCC4CC4)c3)CC2)cc1. The number of amides is 1. The van der Waals surface area contributed by atoms with E-state index in [1.165, 1.54) is 17.7 Å². The Kier molecular flexibility index (Phi) is 7.53. The summed E-state index contributed by atoms with van der Waals surface area (Å²) in [5.41, 5.74) is 2.33. The number of nitrogens with zero attached hydrogens (tertiary/aromatic N) is 1. The van der Waals surface area contributed by atoms with Crippen LogP contribution in [0.3, 0.4) is 0 Å². The molecular formula is C27H34N2O4S. The lowest BCUT2D eigenvalue weighted by Crippen LogP contribution is -2.40. The minimum atomic E-state index is -3.63. The Bertz CT molecular complexity index is 1130. The van der Waals surface area contributed by atoms with Gasteiger partial charge >= 0.3 is 0 Å². The van der Waals surface area contributed by atoms with Crippen LogP contribution in [0.15, 0.2) is 53.4 Å². The summed E-state index contributed by atoms with van der Waals surface area (Å²) in [5.74, 6) is 0.851. The van der Waals surface area contributed by atoms with Gasteiger partial charge in [0.15, 0.2) is 5.78 Å². The second-order valence-corrected chi connectivity index (χ2v) is 11.8. The van der Waals surface area contributed by atoms with Crippen LogP contribution in [0.25, 0.3) is 0 Å². The number of ketones is 1. The number of sulfonamides is 1. The van der Waals surface area contributed by atoms with E-state index in [0.717, 1.165) is 24.8 Å². The van der Waals surface area contributed by atoms with Crippen LogP contribution >= 0.6 is 0 Å². The van der Waals surface area contributed by atoms with Gasteiger partial charge in [0, 0.05) is 36.7 Å². The molecule has 6 nitrogen and oxygen atoms in total. The van der Waals surface area contributed by atoms with E-state index in [4.69, 9.17) is 0 Å². The highest BCUT2D eigenvalue weighted by atomic mass is 32.2. The average Bonchev–Trinajstić information content (AvgIpc) is 3.67. The highest BCUT2D eigenvalue weighted by Gasteiger charge is 2.29. The van der Waals surface area contributed by atoms with Crippen molar-refractivity contribution in [3.8, 4) is 0 Å². The van der Waals surface area contributed by atoms with Crippen LogP contribution in [0.4, 0.5) is 0 Å². The number of piperidine rings is 1. The molecule has 1 aliphatic carbocycles. The van der Waals surface area contributed by atoms with Gasteiger partial charge in [0.1, 0.15) is 0 Å². The molecule has 2 aliphatic rings. The Morgan fingerprint density at radius 1 is 0.971 bits per heavy atom. The molecule has 2 aromatic carbocycles. The molecule has 1 amide bonds. The number of hydrogen-bond donors (Lipinski definition) is 1. The number of hydrogen-bond acceptors (Lipinski definition) is 4. The molecule has 1 heterocycles. The van der Waals surface area contributed by atoms with Gasteiger partial charge in [-0.2, -0.15) is 0 Å². The minimum absolute atomic E-state index is 0.0988. The summed E-state index contributed by atoms with van der Waals surface area (Å²) in [6.45, 7) is 5.77. The van der Waals surface area contributed by atoms with Crippen LogP contribution in [0.1, 0.15) is 65.8 Å². The molecule has 4 rings (SSSR count). The first kappa shape index (κ1) is 24.6. The lowest BCUT2D eigenvalue weighted by Gasteiger charge is -2.31. The van der Waals surface area contributed by atoms with Gasteiger partial charge in [-0.05, 0) is 67.7 Å². The maximum absolute atomic E-state index is 13.1. The number of Topliss-reactive ketones (excluding diaryl/α,β-unsaturated/α-hetero) is 1. The van der Waals surface area contributed by atoms with Gasteiger partial charge in [0.25, 0.3) is 5.91 Å². The largest absolute Gasteiger partial charge is 0.339 e. The van der Waals surface area contributed by atoms with Crippen molar-refractivity contribution in [3.05, 3.63) is 65.2 Å². The summed E-state index contributed by atoms with van der Waals surface area (Å²) in [6.07, 6.45) is 4.33. The van der Waals surface area contributed by atoms with Crippen molar-refractivity contribution in [3.63, 3.8) is 0 Å². The van der Waals surface area contributed by atoms with E-state index in [1.54, 1.807) is 17.0 Å². The maximum Gasteiger partial charge on any atom is 0.253 e. The Balaban J connectivity index is 1.35. The highest BCUT2D eigenvalue weighted by molar-refractivity contribution is 7.89. The first-order valence-electron chi connectivity index (χ1n) is 12.2. The summed E-state index contributed by atoms with van der Waals surface area (Å²) in [7, 11) is -3.63. The molecular weight excluding hydrogens is 448 g/mol. The van der Waals surface area contributed by atoms with Crippen molar-refractivity contribution in [2.45, 2.75) is 50.8 Å². The first-order chi connectivity index (χ1) is 16.2. The number of likely N-dealkylation sites (tertiary alicyclic amines) is 1. The van der Waals surface area contributed by atoms with E-state index in [9.17, 15) is 18.0 Å². The van der Waals surface area contributed by atoms with Crippen LogP contribution < -0.4 is 4.72 Å². The van der Waals surface area contributed by atoms with Crippen molar-refractivity contribution in [1.82, 2.24) is 9.62 Å². The van der Waals surface area contributed by atoms with Gasteiger partial charge in [-0.25, -0.2) is 13.1 Å². The summed E-state index contributed by atoms with van der Waals surface area (Å²) >= 11 is 0. The van der Waals surface area contributed by atoms with Gasteiger partial charge in [-0.1, -0.05) is 44.2 Å². The number of carbonyl (C=O) groups is 2. The normalized spacial score (nSPS) is 17.2. The molecule has 0 aromatic heterocycles. The quantitative estimate of drug-likeness (QED) is 0.540. The molecule has 2 aromatic rings. The molecule has 0 bridgehead atoms. The zero-order chi connectivity index (χ0) is 24.3. The van der Waals surface area contributed by atoms with E-state index >= 15 is 0 Å². The van der Waals surface area contributed by atoms with Crippen LogP contribution in [0.2, 0.25) is 0 Å². The third-order valence-electron chi connectivity index (χ3n) is 6.69. The molecule has 7 heteroatoms. The second-order valence-electron chi connectivity index (χ2n) is 10.0. The molecule has 182 valence electrons. The van der Waals surface area contributed by atoms with E-state index in [0.29, 0.717) is 49.9 Å². The Hall–Kier alpha value is -2.51. The molecule has 2 fully saturated rings. The molecule has 0 atom stereocenters. The molecule has 1 saturated carbocycles. The number of carbonyl (C=O) groups excluding carboxylic acids is 2. The third kappa shape index (κ3) is 6.13. The van der Waals surface area contributed by atoms with Gasteiger partial charge in [0.2, 0.25) is 10.0 Å². The van der Waals surface area contributed by atoms with E-state index in [-0.39, 0.29) is 22.5 Å². The number of benzene rings is 2. The Morgan fingerprint density at radius 2 is 1.65 bits per heavy atom. The summed E-state index contributed by atoms with van der Waals surface area (Å²) in [6, 6.07) is 14.1. The van der Waals surface area contributed by atoms with Gasteiger partial charge < -0.3 is 4.90 Å². The van der Waals surface area contributed by atoms with Crippen LogP contribution in [0, 0.1) is 17.8 Å². The molecule has 0 spiro atoms. The fraction of sp³-hybridized carbons (Fsp3) is 0.481. The fourth-order valence-corrected chi connectivity index (χ4v) is 5.63. The average molecular weight is 483 g/mol. The van der Waals surface area contributed by atoms with Gasteiger partial charge in [-0.15, -0.1) is 0 Å². The van der Waals surface area contributed by atoms with Crippen LogP contribution in [-0.4, -0.2) is 44.6 Å². The van der Waals surface area contributed by atoms with Crippen molar-refractivity contribution < 1.29 is 18.0 Å². The molecule has 0 unspecified atom stereocenters. The predicted molar refractivity (Wildman–Crippen MR) is 132 cm³/mol. The predicted octanol–water partition coefficient (Wildman–Crippen LogP) is 4.31. The second kappa shape index (κ2) is 10.4. The minimum Gasteiger partial charge on any atom is -0.339 e. The smallest absolute Gasteiger partial charge is 0.253 e. The topological polar surface area (TPSA) is 83.6 Å². The standard InChI is InChI=1S/C27H34N2O4S/c1-19(2)16-20-8-10-22(11-9-20)26(30)23-12-14-29(15-13-23)27(31)24-4-3-5-25(17-24)34(32,33)28-18-21-6-7-21/h3-5,8-11,17,19,21,23,28H,6-7,12-16,18H2,1-2H3. The fourth-order valence-electron chi connectivity index (χ4n) is 4.47. The van der Waals surface area contributed by atoms with Crippen LogP contribution in [-0.2, 0) is 16.4 Å². The summed E-state index contributed by atoms with van der Waals surface area (Å²) in [4.78, 5) is 27.9. The van der Waals surface area contributed by atoms with Crippen LogP contribution in [0.5, 0.6) is 0 Å². The number of rotatable bonds is 9. The molecule has 0 radical (unpaired) electrons. The van der Waals surface area contributed by atoms with Gasteiger partial charge in [-0.3, -0.25) is 9.59 Å². The maximum atomic E-state index is 13.1. The lowest BCUT2D eigenvalue weighted by molar-refractivity contribution is 0.0650. The Morgan fingerprint density at radius 3 is 2.26 bits per heavy atom. The van der Waals surface area contributed by atoms with Crippen molar-refractivity contribution in [2.24, 2.45) is 17.8 Å². The molecule has 1 N–H and O–H groups in total. The van der Waals surface area contributed by atoms with Crippen molar-refractivity contribution in [1.29, 1.82) is 0 Å². The lowest BCUT2D eigenvalue weighted by atomic mass is 9.88. The summed E-state index contributed by atoms with van der Waals surface area (Å²) < 4.78 is 27.8. The summed E-state index contributed by atoms with van der Waals surface area (Å²) in [5, 5.41) is 0. The highest BCUT2D eigenvalue weighted by Crippen LogP contribution is 2.28. The zero-order valence-corrected chi connectivity index (χ0v) is 20.8. The molecule has 1 saturated heterocycles. The van der Waals surface area contributed by atoms with Crippen molar-refractivity contribution >= 4 is 21.7 Å². The first-order valence-corrected chi connectivity index (χ1v) is 13.7.